The molecule has 2 N–H and O–H groups in total. The van der Waals surface area contributed by atoms with Gasteiger partial charge in [-0.25, -0.2) is 9.97 Å². The molecule has 0 saturated carbocycles. The van der Waals surface area contributed by atoms with Crippen molar-refractivity contribution in [3.8, 4) is 0 Å². The van der Waals surface area contributed by atoms with Crippen LogP contribution in [0.1, 0.15) is 34.9 Å². The summed E-state index contributed by atoms with van der Waals surface area (Å²) in [7, 11) is 0. The van der Waals surface area contributed by atoms with Gasteiger partial charge in [0.05, 0.1) is 6.04 Å². The Kier molecular flexibility index (Phi) is 2.57. The summed E-state index contributed by atoms with van der Waals surface area (Å²) in [6.07, 6.45) is 5.33. The van der Waals surface area contributed by atoms with Gasteiger partial charge in [-0.2, -0.15) is 0 Å². The van der Waals surface area contributed by atoms with E-state index in [0.29, 0.717) is 5.95 Å². The molecule has 20 heavy (non-hydrogen) atoms. The molecule has 0 amide bonds. The Morgan fingerprint density at radius 2 is 2.30 bits per heavy atom. The van der Waals surface area contributed by atoms with E-state index in [0.717, 1.165) is 23.1 Å². The molecule has 1 aliphatic rings. The SMILES string of the molecule is Cc1ccnc2c1nc(N)n2C1CCCc2sccc21. The highest BCUT2D eigenvalue weighted by Gasteiger charge is 2.26. The maximum absolute atomic E-state index is 6.19. The lowest BCUT2D eigenvalue weighted by atomic mass is 9.94. The Morgan fingerprint density at radius 3 is 3.20 bits per heavy atom. The summed E-state index contributed by atoms with van der Waals surface area (Å²) in [6.45, 7) is 2.05. The fraction of sp³-hybridized carbons (Fsp3) is 0.333. The van der Waals surface area contributed by atoms with Crippen LogP contribution in [0.15, 0.2) is 23.7 Å². The predicted molar refractivity (Wildman–Crippen MR) is 82.1 cm³/mol. The number of imidazole rings is 1. The van der Waals surface area contributed by atoms with E-state index in [9.17, 15) is 0 Å². The van der Waals surface area contributed by atoms with Crippen molar-refractivity contribution < 1.29 is 0 Å². The molecule has 1 unspecified atom stereocenters. The smallest absolute Gasteiger partial charge is 0.203 e. The zero-order valence-electron chi connectivity index (χ0n) is 11.3. The maximum Gasteiger partial charge on any atom is 0.203 e. The lowest BCUT2D eigenvalue weighted by molar-refractivity contribution is 0.508. The monoisotopic (exact) mass is 284 g/mol. The first-order valence-corrected chi connectivity index (χ1v) is 7.79. The minimum Gasteiger partial charge on any atom is -0.369 e. The van der Waals surface area contributed by atoms with Crippen LogP contribution in [0.5, 0.6) is 0 Å². The zero-order chi connectivity index (χ0) is 13.7. The Labute approximate surface area is 121 Å². The van der Waals surface area contributed by atoms with E-state index in [4.69, 9.17) is 5.73 Å². The first-order chi connectivity index (χ1) is 9.75. The van der Waals surface area contributed by atoms with E-state index >= 15 is 0 Å². The van der Waals surface area contributed by atoms with Gasteiger partial charge in [0.25, 0.3) is 0 Å². The van der Waals surface area contributed by atoms with Gasteiger partial charge in [-0.15, -0.1) is 11.3 Å². The van der Waals surface area contributed by atoms with Gasteiger partial charge in [0.1, 0.15) is 5.52 Å². The van der Waals surface area contributed by atoms with Crippen LogP contribution in [0.3, 0.4) is 0 Å². The molecule has 4 nitrogen and oxygen atoms in total. The molecular formula is C15H16N4S. The number of aryl methyl sites for hydroxylation is 2. The average Bonchev–Trinajstić information content (AvgIpc) is 3.03. The lowest BCUT2D eigenvalue weighted by Gasteiger charge is -2.25. The number of rotatable bonds is 1. The highest BCUT2D eigenvalue weighted by molar-refractivity contribution is 7.10. The zero-order valence-corrected chi connectivity index (χ0v) is 12.2. The number of aromatic nitrogens is 3. The molecule has 0 saturated heterocycles. The molecule has 0 radical (unpaired) electrons. The largest absolute Gasteiger partial charge is 0.369 e. The molecule has 3 aromatic heterocycles. The second-order valence-electron chi connectivity index (χ2n) is 5.35. The van der Waals surface area contributed by atoms with Crippen LogP contribution in [0.25, 0.3) is 11.2 Å². The number of nitrogens with zero attached hydrogens (tertiary/aromatic N) is 3. The molecule has 4 rings (SSSR count). The number of thiophene rings is 1. The van der Waals surface area contributed by atoms with E-state index in [1.807, 2.05) is 23.6 Å². The normalized spacial score (nSPS) is 18.4. The molecule has 0 bridgehead atoms. The van der Waals surface area contributed by atoms with Crippen LogP contribution in [-0.4, -0.2) is 14.5 Å². The third kappa shape index (κ3) is 1.59. The van der Waals surface area contributed by atoms with Crippen LogP contribution >= 0.6 is 11.3 Å². The second kappa shape index (κ2) is 4.31. The van der Waals surface area contributed by atoms with Crippen molar-refractivity contribution in [3.63, 3.8) is 0 Å². The van der Waals surface area contributed by atoms with Crippen molar-refractivity contribution >= 4 is 28.4 Å². The molecule has 5 heteroatoms. The maximum atomic E-state index is 6.19. The van der Waals surface area contributed by atoms with Gasteiger partial charge in [0.2, 0.25) is 5.95 Å². The molecule has 0 spiro atoms. The third-order valence-corrected chi connectivity index (χ3v) is 5.14. The van der Waals surface area contributed by atoms with E-state index in [1.165, 1.54) is 23.3 Å². The number of nitrogens with two attached hydrogens (primary N) is 1. The van der Waals surface area contributed by atoms with Gasteiger partial charge < -0.3 is 5.73 Å². The van der Waals surface area contributed by atoms with Crippen LogP contribution in [0, 0.1) is 6.92 Å². The number of hydrogen-bond donors (Lipinski definition) is 1. The van der Waals surface area contributed by atoms with Gasteiger partial charge in [0, 0.05) is 11.1 Å². The number of nitrogen functional groups attached to an aromatic ring is 1. The van der Waals surface area contributed by atoms with E-state index in [2.05, 4.69) is 32.9 Å². The molecule has 1 atom stereocenters. The van der Waals surface area contributed by atoms with Gasteiger partial charge in [-0.05, 0) is 54.8 Å². The minimum absolute atomic E-state index is 0.282. The summed E-state index contributed by atoms with van der Waals surface area (Å²) in [4.78, 5) is 10.5. The van der Waals surface area contributed by atoms with E-state index in [1.54, 1.807) is 0 Å². The summed E-state index contributed by atoms with van der Waals surface area (Å²) in [5.41, 5.74) is 10.6. The van der Waals surface area contributed by atoms with Crippen molar-refractivity contribution in [2.45, 2.75) is 32.2 Å². The summed E-state index contributed by atoms with van der Waals surface area (Å²) in [5.74, 6) is 0.575. The number of pyridine rings is 1. The molecular weight excluding hydrogens is 268 g/mol. The number of fused-ring (bicyclic) bond motifs is 2. The quantitative estimate of drug-likeness (QED) is 0.746. The van der Waals surface area contributed by atoms with Gasteiger partial charge in [-0.3, -0.25) is 4.57 Å². The van der Waals surface area contributed by atoms with Crippen LogP contribution in [0.4, 0.5) is 5.95 Å². The standard InChI is InChI=1S/C15H16N4S/c1-9-5-7-17-14-13(9)18-15(16)19(14)11-3-2-4-12-10(11)6-8-20-12/h5-8,11H,2-4H2,1H3,(H2,16,18). The number of anilines is 1. The summed E-state index contributed by atoms with van der Waals surface area (Å²) < 4.78 is 2.12. The predicted octanol–water partition coefficient (Wildman–Crippen LogP) is 3.31. The number of hydrogen-bond acceptors (Lipinski definition) is 4. The van der Waals surface area contributed by atoms with Crippen molar-refractivity contribution in [2.75, 3.05) is 5.73 Å². The van der Waals surface area contributed by atoms with E-state index < -0.39 is 0 Å². The Bertz CT molecular complexity index is 786. The van der Waals surface area contributed by atoms with Gasteiger partial charge in [-0.1, -0.05) is 0 Å². The van der Waals surface area contributed by atoms with Crippen molar-refractivity contribution in [2.24, 2.45) is 0 Å². The molecule has 0 fully saturated rings. The van der Waals surface area contributed by atoms with Crippen LogP contribution < -0.4 is 5.73 Å². The Morgan fingerprint density at radius 1 is 1.40 bits per heavy atom. The summed E-state index contributed by atoms with van der Waals surface area (Å²) in [5, 5.41) is 2.18. The highest BCUT2D eigenvalue weighted by Crippen LogP contribution is 2.38. The van der Waals surface area contributed by atoms with Crippen molar-refractivity contribution in [3.05, 3.63) is 39.7 Å². The first-order valence-electron chi connectivity index (χ1n) is 6.91. The fourth-order valence-corrected chi connectivity index (χ4v) is 4.15. The highest BCUT2D eigenvalue weighted by atomic mass is 32.1. The fourth-order valence-electron chi connectivity index (χ4n) is 3.17. The van der Waals surface area contributed by atoms with E-state index in [-0.39, 0.29) is 6.04 Å². The minimum atomic E-state index is 0.282. The summed E-state index contributed by atoms with van der Waals surface area (Å²) >= 11 is 1.85. The topological polar surface area (TPSA) is 56.7 Å². The van der Waals surface area contributed by atoms with Crippen LogP contribution in [0.2, 0.25) is 0 Å². The molecule has 0 aromatic carbocycles. The van der Waals surface area contributed by atoms with Crippen molar-refractivity contribution in [1.29, 1.82) is 0 Å². The van der Waals surface area contributed by atoms with Crippen molar-refractivity contribution in [1.82, 2.24) is 14.5 Å². The summed E-state index contributed by atoms with van der Waals surface area (Å²) in [6, 6.07) is 4.49. The second-order valence-corrected chi connectivity index (χ2v) is 6.35. The van der Waals surface area contributed by atoms with Gasteiger partial charge >= 0.3 is 0 Å². The lowest BCUT2D eigenvalue weighted by Crippen LogP contribution is -2.17. The molecule has 3 aromatic rings. The Balaban J connectivity index is 1.96. The van der Waals surface area contributed by atoms with Crippen LogP contribution in [-0.2, 0) is 6.42 Å². The molecule has 1 aliphatic carbocycles. The Hall–Kier alpha value is -1.88. The van der Waals surface area contributed by atoms with Gasteiger partial charge in [0.15, 0.2) is 5.65 Å². The molecule has 102 valence electrons. The third-order valence-electron chi connectivity index (χ3n) is 4.14. The molecule has 3 heterocycles. The molecule has 0 aliphatic heterocycles. The first kappa shape index (κ1) is 11.9. The average molecular weight is 284 g/mol.